The van der Waals surface area contributed by atoms with Crippen molar-refractivity contribution >= 4 is 21.6 Å². The summed E-state index contributed by atoms with van der Waals surface area (Å²) in [5, 5.41) is 0. The fourth-order valence-electron chi connectivity index (χ4n) is 1.72. The maximum absolute atomic E-state index is 11.7. The topological polar surface area (TPSA) is 60.2 Å². The third-order valence-electron chi connectivity index (χ3n) is 2.31. The molecule has 0 amide bonds. The fraction of sp³-hybridized carbons (Fsp3) is 0.500. The first-order valence-electron chi connectivity index (χ1n) is 5.30. The third-order valence-corrected chi connectivity index (χ3v) is 4.47. The van der Waals surface area contributed by atoms with Crippen molar-refractivity contribution in [3.05, 3.63) is 23.8 Å². The van der Waals surface area contributed by atoms with Crippen LogP contribution in [0.3, 0.4) is 0 Å². The second-order valence-electron chi connectivity index (χ2n) is 4.89. The molecule has 0 aromatic heterocycles. The van der Waals surface area contributed by atoms with Crippen LogP contribution in [-0.4, -0.2) is 26.5 Å². The number of benzene rings is 1. The van der Waals surface area contributed by atoms with E-state index in [4.69, 9.17) is 5.73 Å². The molecule has 2 N–H and O–H groups in total. The van der Waals surface area contributed by atoms with Crippen LogP contribution in [0.5, 0.6) is 0 Å². The van der Waals surface area contributed by atoms with Crippen LogP contribution in [0.4, 0.5) is 0 Å². The molecule has 3 nitrogen and oxygen atoms in total. The van der Waals surface area contributed by atoms with Crippen molar-refractivity contribution in [2.45, 2.75) is 35.6 Å². The molecule has 0 bridgehead atoms. The molecule has 0 aliphatic heterocycles. The molecule has 0 aliphatic carbocycles. The predicted molar refractivity (Wildman–Crippen MR) is 73.3 cm³/mol. The molecule has 0 spiro atoms. The number of hydrogen-bond donors (Lipinski definition) is 1. The second kappa shape index (κ2) is 5.00. The standard InChI is InChI=1S/C12H19NO2S2/c1-12(2,13)8-9-6-5-7-10(11(9)16-3)17(4,14)15/h5-7H,8,13H2,1-4H3. The summed E-state index contributed by atoms with van der Waals surface area (Å²) in [4.78, 5) is 1.21. The highest BCUT2D eigenvalue weighted by Gasteiger charge is 2.19. The van der Waals surface area contributed by atoms with Gasteiger partial charge < -0.3 is 5.73 Å². The van der Waals surface area contributed by atoms with Crippen LogP contribution >= 0.6 is 11.8 Å². The molecule has 0 radical (unpaired) electrons. The largest absolute Gasteiger partial charge is 0.325 e. The van der Waals surface area contributed by atoms with Gasteiger partial charge in [0.2, 0.25) is 0 Å². The van der Waals surface area contributed by atoms with Gasteiger partial charge in [-0.1, -0.05) is 12.1 Å². The number of hydrogen-bond acceptors (Lipinski definition) is 4. The molecule has 17 heavy (non-hydrogen) atoms. The van der Waals surface area contributed by atoms with Crippen LogP contribution in [0.1, 0.15) is 19.4 Å². The van der Waals surface area contributed by atoms with Crippen molar-refractivity contribution in [1.82, 2.24) is 0 Å². The van der Waals surface area contributed by atoms with Crippen molar-refractivity contribution < 1.29 is 8.42 Å². The SMILES string of the molecule is CSc1c(CC(C)(C)N)cccc1S(C)(=O)=O. The van der Waals surface area contributed by atoms with E-state index in [0.29, 0.717) is 11.3 Å². The van der Waals surface area contributed by atoms with Gasteiger partial charge >= 0.3 is 0 Å². The molecule has 1 aromatic carbocycles. The summed E-state index contributed by atoms with van der Waals surface area (Å²) in [7, 11) is -3.19. The number of nitrogens with two attached hydrogens (primary N) is 1. The first kappa shape index (κ1) is 14.5. The van der Waals surface area contributed by atoms with E-state index in [1.54, 1.807) is 12.1 Å². The summed E-state index contributed by atoms with van der Waals surface area (Å²) in [5.41, 5.74) is 6.64. The highest BCUT2D eigenvalue weighted by molar-refractivity contribution is 7.99. The minimum atomic E-state index is -3.19. The Morgan fingerprint density at radius 2 is 1.94 bits per heavy atom. The summed E-state index contributed by atoms with van der Waals surface area (Å²) in [6.07, 6.45) is 3.78. The van der Waals surface area contributed by atoms with Crippen LogP contribution in [0.2, 0.25) is 0 Å². The van der Waals surface area contributed by atoms with Crippen molar-refractivity contribution in [1.29, 1.82) is 0 Å². The summed E-state index contributed by atoms with van der Waals surface area (Å²) in [6, 6.07) is 5.36. The molecule has 1 rings (SSSR count). The van der Waals surface area contributed by atoms with Crippen LogP contribution < -0.4 is 5.73 Å². The zero-order valence-electron chi connectivity index (χ0n) is 10.6. The molecule has 0 aliphatic rings. The summed E-state index contributed by atoms with van der Waals surface area (Å²) < 4.78 is 23.4. The lowest BCUT2D eigenvalue weighted by atomic mass is 9.96. The van der Waals surface area contributed by atoms with Gasteiger partial charge in [-0.15, -0.1) is 11.8 Å². The minimum Gasteiger partial charge on any atom is -0.325 e. The highest BCUT2D eigenvalue weighted by Crippen LogP contribution is 2.30. The van der Waals surface area contributed by atoms with E-state index in [-0.39, 0.29) is 5.54 Å². The van der Waals surface area contributed by atoms with E-state index in [0.717, 1.165) is 10.5 Å². The lowest BCUT2D eigenvalue weighted by molar-refractivity contribution is 0.511. The molecule has 0 saturated heterocycles. The van der Waals surface area contributed by atoms with Gasteiger partial charge in [0.05, 0.1) is 4.90 Å². The van der Waals surface area contributed by atoms with Gasteiger partial charge in [-0.05, 0) is 38.2 Å². The second-order valence-corrected chi connectivity index (χ2v) is 7.69. The van der Waals surface area contributed by atoms with Gasteiger partial charge in [0.15, 0.2) is 9.84 Å². The zero-order valence-corrected chi connectivity index (χ0v) is 12.3. The van der Waals surface area contributed by atoms with Gasteiger partial charge in [-0.25, -0.2) is 8.42 Å². The molecule has 0 unspecified atom stereocenters. The molecule has 1 aromatic rings. The quantitative estimate of drug-likeness (QED) is 0.853. The Hall–Kier alpha value is -0.520. The Labute approximate surface area is 108 Å². The third kappa shape index (κ3) is 4.01. The number of sulfone groups is 1. The van der Waals surface area contributed by atoms with Crippen molar-refractivity contribution in [2.75, 3.05) is 12.5 Å². The molecule has 5 heteroatoms. The zero-order chi connectivity index (χ0) is 13.3. The van der Waals surface area contributed by atoms with E-state index < -0.39 is 9.84 Å². The molecular weight excluding hydrogens is 254 g/mol. The minimum absolute atomic E-state index is 0.347. The molecular formula is C12H19NO2S2. The summed E-state index contributed by atoms with van der Waals surface area (Å²) >= 11 is 1.45. The van der Waals surface area contributed by atoms with Crippen LogP contribution in [0, 0.1) is 0 Å². The van der Waals surface area contributed by atoms with Crippen molar-refractivity contribution in [2.24, 2.45) is 5.73 Å². The van der Waals surface area contributed by atoms with Gasteiger partial charge in [0.25, 0.3) is 0 Å². The highest BCUT2D eigenvalue weighted by atomic mass is 32.2. The van der Waals surface area contributed by atoms with Crippen molar-refractivity contribution in [3.8, 4) is 0 Å². The molecule has 0 heterocycles. The predicted octanol–water partition coefficient (Wildman–Crippen LogP) is 2.09. The van der Waals surface area contributed by atoms with Gasteiger partial charge in [-0.2, -0.15) is 0 Å². The van der Waals surface area contributed by atoms with Gasteiger partial charge in [0.1, 0.15) is 0 Å². The average molecular weight is 273 g/mol. The van der Waals surface area contributed by atoms with E-state index in [1.807, 2.05) is 26.2 Å². The molecule has 0 atom stereocenters. The Bertz CT molecular complexity index is 502. The van der Waals surface area contributed by atoms with E-state index in [1.165, 1.54) is 18.0 Å². The lowest BCUT2D eigenvalue weighted by Crippen LogP contribution is -2.34. The first-order valence-corrected chi connectivity index (χ1v) is 8.41. The van der Waals surface area contributed by atoms with E-state index in [2.05, 4.69) is 0 Å². The van der Waals surface area contributed by atoms with Crippen molar-refractivity contribution in [3.63, 3.8) is 0 Å². The van der Waals surface area contributed by atoms with E-state index in [9.17, 15) is 8.42 Å². The van der Waals surface area contributed by atoms with Gasteiger partial charge in [0, 0.05) is 16.7 Å². The van der Waals surface area contributed by atoms with Gasteiger partial charge in [-0.3, -0.25) is 0 Å². The van der Waals surface area contributed by atoms with E-state index >= 15 is 0 Å². The monoisotopic (exact) mass is 273 g/mol. The summed E-state index contributed by atoms with van der Waals surface area (Å²) in [5.74, 6) is 0. The Balaban J connectivity index is 3.34. The molecule has 0 fully saturated rings. The Morgan fingerprint density at radius 1 is 1.35 bits per heavy atom. The van der Waals surface area contributed by atoms with Crippen LogP contribution in [-0.2, 0) is 16.3 Å². The van der Waals surface area contributed by atoms with Crippen LogP contribution in [0.15, 0.2) is 28.0 Å². The smallest absolute Gasteiger partial charge is 0.176 e. The number of thioether (sulfide) groups is 1. The maximum atomic E-state index is 11.7. The molecule has 0 saturated carbocycles. The van der Waals surface area contributed by atoms with Crippen LogP contribution in [0.25, 0.3) is 0 Å². The maximum Gasteiger partial charge on any atom is 0.176 e. The summed E-state index contributed by atoms with van der Waals surface area (Å²) in [6.45, 7) is 3.87. The lowest BCUT2D eigenvalue weighted by Gasteiger charge is -2.21. The Kier molecular flexibility index (Phi) is 4.28. The average Bonchev–Trinajstić information content (AvgIpc) is 2.13. The first-order chi connectivity index (χ1) is 7.65. The number of rotatable bonds is 4. The normalized spacial score (nSPS) is 12.8. The molecule has 96 valence electrons. The fourth-order valence-corrected chi connectivity index (χ4v) is 3.88. The Morgan fingerprint density at radius 3 is 2.35 bits per heavy atom.